The average molecular weight is 320 g/mol. The van der Waals surface area contributed by atoms with Crippen molar-refractivity contribution in [3.63, 3.8) is 0 Å². The summed E-state index contributed by atoms with van der Waals surface area (Å²) in [5.41, 5.74) is 8.22. The number of fused-ring (bicyclic) bond motifs is 1. The molecule has 2 aliphatic heterocycles. The fourth-order valence-corrected chi connectivity index (χ4v) is 3.74. The molecular formula is C18H20N6. The Morgan fingerprint density at radius 2 is 2.17 bits per heavy atom. The molecule has 0 bridgehead atoms. The summed E-state index contributed by atoms with van der Waals surface area (Å²) in [6.45, 7) is 3.07. The predicted molar refractivity (Wildman–Crippen MR) is 93.3 cm³/mol. The van der Waals surface area contributed by atoms with Crippen molar-refractivity contribution in [2.75, 3.05) is 30.3 Å². The van der Waals surface area contributed by atoms with Crippen LogP contribution in [-0.2, 0) is 0 Å². The highest BCUT2D eigenvalue weighted by molar-refractivity contribution is 5.66. The molecule has 0 saturated carbocycles. The van der Waals surface area contributed by atoms with Crippen molar-refractivity contribution in [2.45, 2.75) is 18.9 Å². The van der Waals surface area contributed by atoms with Gasteiger partial charge in [-0.25, -0.2) is 4.98 Å². The molecule has 0 amide bonds. The smallest absolute Gasteiger partial charge is 0.222 e. The fourth-order valence-electron chi connectivity index (χ4n) is 3.74. The third-order valence-corrected chi connectivity index (χ3v) is 4.94. The number of hydrogen-bond donors (Lipinski definition) is 2. The molecule has 2 aromatic rings. The zero-order valence-corrected chi connectivity index (χ0v) is 13.4. The van der Waals surface area contributed by atoms with Gasteiger partial charge >= 0.3 is 0 Å². The number of nitrogens with zero attached hydrogens (tertiary/aromatic N) is 4. The second-order valence-corrected chi connectivity index (χ2v) is 6.53. The highest BCUT2D eigenvalue weighted by atomic mass is 15.3. The molecule has 24 heavy (non-hydrogen) atoms. The lowest BCUT2D eigenvalue weighted by atomic mass is 9.94. The molecule has 3 N–H and O–H groups in total. The molecular weight excluding hydrogens is 300 g/mol. The van der Waals surface area contributed by atoms with Gasteiger partial charge in [-0.1, -0.05) is 12.1 Å². The summed E-state index contributed by atoms with van der Waals surface area (Å²) in [6, 6.07) is 12.1. The third kappa shape index (κ3) is 2.79. The van der Waals surface area contributed by atoms with Crippen LogP contribution < -0.4 is 16.0 Å². The number of nitriles is 1. The van der Waals surface area contributed by atoms with Crippen molar-refractivity contribution in [3.05, 3.63) is 35.9 Å². The number of nitrogen functional groups attached to an aromatic ring is 1. The first-order chi connectivity index (χ1) is 11.7. The van der Waals surface area contributed by atoms with Crippen LogP contribution in [0.1, 0.15) is 18.4 Å². The summed E-state index contributed by atoms with van der Waals surface area (Å²) < 4.78 is 0. The Kier molecular flexibility index (Phi) is 3.79. The van der Waals surface area contributed by atoms with E-state index in [-0.39, 0.29) is 5.95 Å². The summed E-state index contributed by atoms with van der Waals surface area (Å²) in [7, 11) is 0. The number of piperidine rings is 1. The van der Waals surface area contributed by atoms with Gasteiger partial charge in [0, 0.05) is 30.8 Å². The Morgan fingerprint density at radius 1 is 1.25 bits per heavy atom. The molecule has 0 unspecified atom stereocenters. The van der Waals surface area contributed by atoms with E-state index in [4.69, 9.17) is 11.0 Å². The largest absolute Gasteiger partial charge is 0.368 e. The number of nitrogens with one attached hydrogen (secondary N) is 1. The minimum absolute atomic E-state index is 0.271. The standard InChI is InChI=1S/C18H20N6/c19-9-12-3-1-4-13(7-12)15-8-17(23-18(20)22-15)24-10-14-5-2-6-21-16(14)11-24/h1,3-4,7-8,14,16,21H,2,5-6,10-11H2,(H2,20,22,23)/t14-,16+/m1/s1. The Bertz CT molecular complexity index is 782. The van der Waals surface area contributed by atoms with E-state index in [0.717, 1.165) is 36.7 Å². The monoisotopic (exact) mass is 320 g/mol. The highest BCUT2D eigenvalue weighted by Crippen LogP contribution is 2.30. The van der Waals surface area contributed by atoms with E-state index in [2.05, 4.69) is 26.3 Å². The van der Waals surface area contributed by atoms with Crippen LogP contribution in [0.5, 0.6) is 0 Å². The van der Waals surface area contributed by atoms with Crippen LogP contribution in [0.15, 0.2) is 30.3 Å². The molecule has 0 radical (unpaired) electrons. The van der Waals surface area contributed by atoms with Crippen LogP contribution in [0.3, 0.4) is 0 Å². The van der Waals surface area contributed by atoms with Crippen molar-refractivity contribution in [2.24, 2.45) is 5.92 Å². The van der Waals surface area contributed by atoms with Crippen molar-refractivity contribution in [1.29, 1.82) is 5.26 Å². The number of aromatic nitrogens is 2. The van der Waals surface area contributed by atoms with Crippen LogP contribution in [-0.4, -0.2) is 35.6 Å². The molecule has 6 heteroatoms. The normalized spacial score (nSPS) is 22.9. The van der Waals surface area contributed by atoms with Crippen LogP contribution >= 0.6 is 0 Å². The van der Waals surface area contributed by atoms with Crippen LogP contribution in [0.4, 0.5) is 11.8 Å². The number of nitrogens with two attached hydrogens (primary N) is 1. The summed E-state index contributed by atoms with van der Waals surface area (Å²) >= 11 is 0. The van der Waals surface area contributed by atoms with E-state index in [0.29, 0.717) is 17.5 Å². The maximum absolute atomic E-state index is 9.09. The highest BCUT2D eigenvalue weighted by Gasteiger charge is 2.35. The molecule has 122 valence electrons. The molecule has 2 aliphatic rings. The van der Waals surface area contributed by atoms with Crippen LogP contribution in [0.25, 0.3) is 11.3 Å². The maximum atomic E-state index is 9.09. The first kappa shape index (κ1) is 14.9. The number of anilines is 2. The van der Waals surface area contributed by atoms with Gasteiger partial charge in [-0.3, -0.25) is 0 Å². The predicted octanol–water partition coefficient (Wildman–Crippen LogP) is 1.79. The number of hydrogen-bond acceptors (Lipinski definition) is 6. The molecule has 1 aromatic carbocycles. The van der Waals surface area contributed by atoms with Crippen LogP contribution in [0, 0.1) is 17.2 Å². The van der Waals surface area contributed by atoms with Gasteiger partial charge in [0.05, 0.1) is 17.3 Å². The van der Waals surface area contributed by atoms with Crippen molar-refractivity contribution in [1.82, 2.24) is 15.3 Å². The number of rotatable bonds is 2. The molecule has 6 nitrogen and oxygen atoms in total. The van der Waals surface area contributed by atoms with E-state index < -0.39 is 0 Å². The first-order valence-electron chi connectivity index (χ1n) is 8.36. The lowest BCUT2D eigenvalue weighted by Gasteiger charge is -2.24. The van der Waals surface area contributed by atoms with E-state index >= 15 is 0 Å². The Labute approximate surface area is 141 Å². The van der Waals surface area contributed by atoms with Gasteiger partial charge < -0.3 is 16.0 Å². The lowest BCUT2D eigenvalue weighted by molar-refractivity contribution is 0.340. The van der Waals surface area contributed by atoms with Gasteiger partial charge in [0.25, 0.3) is 0 Å². The van der Waals surface area contributed by atoms with Crippen LogP contribution in [0.2, 0.25) is 0 Å². The minimum atomic E-state index is 0.271. The molecule has 2 atom stereocenters. The molecule has 3 heterocycles. The minimum Gasteiger partial charge on any atom is -0.368 e. The van der Waals surface area contributed by atoms with E-state index in [1.807, 2.05) is 24.3 Å². The second-order valence-electron chi connectivity index (χ2n) is 6.53. The summed E-state index contributed by atoms with van der Waals surface area (Å²) in [6.07, 6.45) is 2.51. The van der Waals surface area contributed by atoms with Gasteiger partial charge in [-0.2, -0.15) is 10.2 Å². The zero-order valence-electron chi connectivity index (χ0n) is 13.4. The van der Waals surface area contributed by atoms with Gasteiger partial charge in [0.15, 0.2) is 0 Å². The third-order valence-electron chi connectivity index (χ3n) is 4.94. The zero-order chi connectivity index (χ0) is 16.5. The molecule has 2 saturated heterocycles. The van der Waals surface area contributed by atoms with Crippen molar-refractivity contribution in [3.8, 4) is 17.3 Å². The Hall–Kier alpha value is -2.65. The van der Waals surface area contributed by atoms with Gasteiger partial charge in [0.1, 0.15) is 5.82 Å². The van der Waals surface area contributed by atoms with Crippen molar-refractivity contribution < 1.29 is 0 Å². The fraction of sp³-hybridized carbons (Fsp3) is 0.389. The summed E-state index contributed by atoms with van der Waals surface area (Å²) in [5, 5.41) is 12.7. The Balaban J connectivity index is 1.65. The topological polar surface area (TPSA) is 90.9 Å². The first-order valence-corrected chi connectivity index (χ1v) is 8.36. The summed E-state index contributed by atoms with van der Waals surface area (Å²) in [4.78, 5) is 11.1. The van der Waals surface area contributed by atoms with Gasteiger partial charge in [0.2, 0.25) is 5.95 Å². The summed E-state index contributed by atoms with van der Waals surface area (Å²) in [5.74, 6) is 1.82. The number of benzene rings is 1. The molecule has 0 spiro atoms. The SMILES string of the molecule is N#Cc1cccc(-c2cc(N3C[C@H]4CCCN[C@H]4C3)nc(N)n2)c1. The average Bonchev–Trinajstić information content (AvgIpc) is 3.05. The second kappa shape index (κ2) is 6.10. The van der Waals surface area contributed by atoms with E-state index in [1.165, 1.54) is 12.8 Å². The molecule has 1 aromatic heterocycles. The maximum Gasteiger partial charge on any atom is 0.222 e. The van der Waals surface area contributed by atoms with Crippen molar-refractivity contribution >= 4 is 11.8 Å². The van der Waals surface area contributed by atoms with Gasteiger partial charge in [-0.15, -0.1) is 0 Å². The lowest BCUT2D eigenvalue weighted by Crippen LogP contribution is -2.40. The Morgan fingerprint density at radius 3 is 3.00 bits per heavy atom. The van der Waals surface area contributed by atoms with Gasteiger partial charge in [-0.05, 0) is 37.4 Å². The quantitative estimate of drug-likeness (QED) is 0.876. The molecule has 2 fully saturated rings. The molecule has 0 aliphatic carbocycles. The molecule has 4 rings (SSSR count). The van der Waals surface area contributed by atoms with E-state index in [1.54, 1.807) is 6.07 Å². The van der Waals surface area contributed by atoms with E-state index in [9.17, 15) is 0 Å².